The second kappa shape index (κ2) is 9.62. The molecule has 2 aromatic carbocycles. The van der Waals surface area contributed by atoms with Crippen LogP contribution in [0.2, 0.25) is 0 Å². The lowest BCUT2D eigenvalue weighted by Crippen LogP contribution is -2.35. The minimum atomic E-state index is -4.55. The van der Waals surface area contributed by atoms with Crippen molar-refractivity contribution in [1.29, 1.82) is 0 Å². The van der Waals surface area contributed by atoms with Gasteiger partial charge >= 0.3 is 6.18 Å². The molecule has 1 N–H and O–H groups in total. The number of rotatable bonds is 5. The third kappa shape index (κ3) is 5.08. The van der Waals surface area contributed by atoms with Crippen LogP contribution >= 0.6 is 0 Å². The first-order valence-corrected chi connectivity index (χ1v) is 10.6. The fourth-order valence-electron chi connectivity index (χ4n) is 4.14. The molecular weight excluding hydrogens is 450 g/mol. The van der Waals surface area contributed by atoms with E-state index in [1.165, 1.54) is 35.2 Å². The van der Waals surface area contributed by atoms with Crippen LogP contribution in [0.1, 0.15) is 33.0 Å². The second-order valence-electron chi connectivity index (χ2n) is 8.10. The summed E-state index contributed by atoms with van der Waals surface area (Å²) in [7, 11) is 0. The summed E-state index contributed by atoms with van der Waals surface area (Å²) in [6, 6.07) is 13.7. The Hall–Kier alpha value is -3.75. The summed E-state index contributed by atoms with van der Waals surface area (Å²) < 4.78 is 54.1. The van der Waals surface area contributed by atoms with Crippen molar-refractivity contribution >= 4 is 11.8 Å². The quantitative estimate of drug-likeness (QED) is 0.561. The summed E-state index contributed by atoms with van der Waals surface area (Å²) in [5, 5.41) is 2.80. The van der Waals surface area contributed by atoms with Gasteiger partial charge < -0.3 is 10.2 Å². The van der Waals surface area contributed by atoms with E-state index in [4.69, 9.17) is 0 Å². The maximum atomic E-state index is 14.2. The van der Waals surface area contributed by atoms with E-state index in [-0.39, 0.29) is 25.2 Å². The molecular formula is C25H21F4N3O2. The first kappa shape index (κ1) is 23.4. The van der Waals surface area contributed by atoms with Crippen molar-refractivity contribution < 1.29 is 27.2 Å². The number of aromatic nitrogens is 1. The summed E-state index contributed by atoms with van der Waals surface area (Å²) in [5.41, 5.74) is 0.113. The molecule has 4 rings (SSSR count). The van der Waals surface area contributed by atoms with Crippen LogP contribution in [0.4, 0.5) is 17.6 Å². The minimum Gasteiger partial charge on any atom is -0.352 e. The van der Waals surface area contributed by atoms with E-state index in [2.05, 4.69) is 10.3 Å². The average molecular weight is 471 g/mol. The number of hydrogen-bond donors (Lipinski definition) is 1. The predicted octanol–water partition coefficient (Wildman–Crippen LogP) is 4.41. The van der Waals surface area contributed by atoms with Crippen molar-refractivity contribution in [3.63, 3.8) is 0 Å². The predicted molar refractivity (Wildman–Crippen MR) is 116 cm³/mol. The SMILES string of the molecule is O=C(NCc1ccncc1)C1CN(C(=O)c2ccccc2F)CC1c1cccc(C(F)(F)F)c1. The number of hydrogen-bond acceptors (Lipinski definition) is 3. The van der Waals surface area contributed by atoms with E-state index < -0.39 is 41.2 Å². The van der Waals surface area contributed by atoms with Gasteiger partial charge in [0.25, 0.3) is 5.91 Å². The van der Waals surface area contributed by atoms with Crippen LogP contribution in [0, 0.1) is 11.7 Å². The lowest BCUT2D eigenvalue weighted by atomic mass is 9.87. The van der Waals surface area contributed by atoms with Gasteiger partial charge in [0.2, 0.25) is 5.91 Å². The molecule has 0 bridgehead atoms. The average Bonchev–Trinajstić information content (AvgIpc) is 3.28. The van der Waals surface area contributed by atoms with Gasteiger partial charge in [0.15, 0.2) is 0 Å². The summed E-state index contributed by atoms with van der Waals surface area (Å²) in [6.45, 7) is 0.145. The maximum Gasteiger partial charge on any atom is 0.416 e. The van der Waals surface area contributed by atoms with Crippen LogP contribution in [-0.2, 0) is 17.5 Å². The van der Waals surface area contributed by atoms with Gasteiger partial charge in [-0.2, -0.15) is 13.2 Å². The standard InChI is InChI=1S/C25H21F4N3O2/c26-22-7-2-1-6-19(22)24(34)32-14-20(17-4-3-5-18(12-17)25(27,28)29)21(15-32)23(33)31-13-16-8-10-30-11-9-16/h1-12,20-21H,13-15H2,(H,31,33). The number of nitrogens with zero attached hydrogens (tertiary/aromatic N) is 2. The van der Waals surface area contributed by atoms with Gasteiger partial charge in [-0.25, -0.2) is 4.39 Å². The van der Waals surface area contributed by atoms with Crippen LogP contribution in [0.3, 0.4) is 0 Å². The van der Waals surface area contributed by atoms with E-state index in [0.717, 1.165) is 23.8 Å². The molecule has 5 nitrogen and oxygen atoms in total. The second-order valence-corrected chi connectivity index (χ2v) is 8.10. The number of alkyl halides is 3. The smallest absolute Gasteiger partial charge is 0.352 e. The normalized spacial score (nSPS) is 18.1. The first-order chi connectivity index (χ1) is 16.2. The number of carbonyl (C=O) groups excluding carboxylic acids is 2. The van der Waals surface area contributed by atoms with E-state index in [0.29, 0.717) is 5.56 Å². The third-order valence-electron chi connectivity index (χ3n) is 5.91. The zero-order valence-electron chi connectivity index (χ0n) is 17.9. The molecule has 34 heavy (non-hydrogen) atoms. The Morgan fingerprint density at radius 2 is 1.74 bits per heavy atom. The molecule has 3 aromatic rings. The molecule has 2 heterocycles. The van der Waals surface area contributed by atoms with Gasteiger partial charge in [-0.05, 0) is 41.5 Å². The molecule has 1 aliphatic heterocycles. The molecule has 2 unspecified atom stereocenters. The van der Waals surface area contributed by atoms with Gasteiger partial charge in [-0.15, -0.1) is 0 Å². The summed E-state index contributed by atoms with van der Waals surface area (Å²) in [6.07, 6.45) is -1.38. The number of carbonyl (C=O) groups is 2. The minimum absolute atomic E-state index is 0.0121. The first-order valence-electron chi connectivity index (χ1n) is 10.6. The topological polar surface area (TPSA) is 62.3 Å². The van der Waals surface area contributed by atoms with Crippen molar-refractivity contribution in [3.05, 3.63) is 101 Å². The van der Waals surface area contributed by atoms with E-state index in [1.54, 1.807) is 24.5 Å². The van der Waals surface area contributed by atoms with Gasteiger partial charge in [0.05, 0.1) is 17.0 Å². The Morgan fingerprint density at radius 1 is 1.00 bits per heavy atom. The molecule has 176 valence electrons. The van der Waals surface area contributed by atoms with Crippen molar-refractivity contribution in [2.75, 3.05) is 13.1 Å². The Balaban J connectivity index is 1.61. The number of nitrogens with one attached hydrogen (secondary N) is 1. The molecule has 0 saturated carbocycles. The van der Waals surface area contributed by atoms with E-state index >= 15 is 0 Å². The van der Waals surface area contributed by atoms with Crippen LogP contribution < -0.4 is 5.32 Å². The molecule has 1 saturated heterocycles. The van der Waals surface area contributed by atoms with Gasteiger partial charge in [0, 0.05) is 37.9 Å². The number of pyridine rings is 1. The number of benzene rings is 2. The van der Waals surface area contributed by atoms with Crippen LogP contribution in [-0.4, -0.2) is 34.8 Å². The van der Waals surface area contributed by atoms with Crippen LogP contribution in [0.25, 0.3) is 0 Å². The van der Waals surface area contributed by atoms with Crippen molar-refractivity contribution in [2.24, 2.45) is 5.92 Å². The fraction of sp³-hybridized carbons (Fsp3) is 0.240. The van der Waals surface area contributed by atoms with Crippen molar-refractivity contribution in [3.8, 4) is 0 Å². The monoisotopic (exact) mass is 471 g/mol. The third-order valence-corrected chi connectivity index (χ3v) is 5.91. The fourth-order valence-corrected chi connectivity index (χ4v) is 4.14. The summed E-state index contributed by atoms with van der Waals surface area (Å²) >= 11 is 0. The molecule has 0 aliphatic carbocycles. The van der Waals surface area contributed by atoms with Crippen LogP contribution in [0.15, 0.2) is 73.1 Å². The number of amides is 2. The lowest BCUT2D eigenvalue weighted by Gasteiger charge is -2.19. The highest BCUT2D eigenvalue weighted by Crippen LogP contribution is 2.37. The highest BCUT2D eigenvalue weighted by atomic mass is 19.4. The highest BCUT2D eigenvalue weighted by Gasteiger charge is 2.42. The van der Waals surface area contributed by atoms with Crippen molar-refractivity contribution in [1.82, 2.24) is 15.2 Å². The molecule has 1 aromatic heterocycles. The Morgan fingerprint density at radius 3 is 2.44 bits per heavy atom. The Kier molecular flexibility index (Phi) is 6.63. The van der Waals surface area contributed by atoms with Gasteiger partial charge in [0.1, 0.15) is 5.82 Å². The molecule has 0 radical (unpaired) electrons. The van der Waals surface area contributed by atoms with Crippen LogP contribution in [0.5, 0.6) is 0 Å². The van der Waals surface area contributed by atoms with E-state index in [9.17, 15) is 27.2 Å². The molecule has 0 spiro atoms. The molecule has 9 heteroatoms. The number of likely N-dealkylation sites (tertiary alicyclic amines) is 1. The zero-order valence-corrected chi connectivity index (χ0v) is 17.9. The van der Waals surface area contributed by atoms with Crippen molar-refractivity contribution in [2.45, 2.75) is 18.6 Å². The summed E-state index contributed by atoms with van der Waals surface area (Å²) in [4.78, 5) is 31.3. The Bertz CT molecular complexity index is 1180. The zero-order chi connectivity index (χ0) is 24.3. The molecule has 1 aliphatic rings. The van der Waals surface area contributed by atoms with Gasteiger partial charge in [-0.3, -0.25) is 14.6 Å². The van der Waals surface area contributed by atoms with Gasteiger partial charge in [-0.1, -0.05) is 30.3 Å². The lowest BCUT2D eigenvalue weighted by molar-refractivity contribution is -0.137. The Labute approximate surface area is 193 Å². The molecule has 1 fully saturated rings. The molecule has 2 amide bonds. The molecule has 2 atom stereocenters. The number of halogens is 4. The summed E-state index contributed by atoms with van der Waals surface area (Å²) in [5.74, 6) is -3.20. The largest absolute Gasteiger partial charge is 0.416 e. The van der Waals surface area contributed by atoms with E-state index in [1.807, 2.05) is 0 Å². The highest BCUT2D eigenvalue weighted by molar-refractivity contribution is 5.95. The maximum absolute atomic E-state index is 14.2.